The highest BCUT2D eigenvalue weighted by Gasteiger charge is 2.38. The molecule has 0 bridgehead atoms. The van der Waals surface area contributed by atoms with Gasteiger partial charge in [0.1, 0.15) is 5.82 Å². The molecule has 1 fully saturated rings. The number of aromatic amines is 1. The van der Waals surface area contributed by atoms with Gasteiger partial charge in [0.2, 0.25) is 0 Å². The lowest BCUT2D eigenvalue weighted by Gasteiger charge is -2.29. The SMILES string of the molecule is CN1CCCC1(C)c1nc2ccccc2[nH]1. The number of benzene rings is 1. The van der Waals surface area contributed by atoms with E-state index in [1.807, 2.05) is 12.1 Å². The summed E-state index contributed by atoms with van der Waals surface area (Å²) < 4.78 is 0. The Bertz CT molecular complexity index is 484. The maximum absolute atomic E-state index is 4.72. The molecule has 1 unspecified atom stereocenters. The molecule has 1 atom stereocenters. The first-order valence-corrected chi connectivity index (χ1v) is 5.87. The fourth-order valence-corrected chi connectivity index (χ4v) is 2.61. The van der Waals surface area contributed by atoms with Crippen molar-refractivity contribution in [2.24, 2.45) is 0 Å². The first-order chi connectivity index (χ1) is 7.70. The molecular formula is C13H17N3. The highest BCUT2D eigenvalue weighted by molar-refractivity contribution is 5.74. The van der Waals surface area contributed by atoms with Gasteiger partial charge in [-0.25, -0.2) is 4.98 Å². The van der Waals surface area contributed by atoms with E-state index in [1.165, 1.54) is 12.8 Å². The van der Waals surface area contributed by atoms with E-state index in [2.05, 4.69) is 36.0 Å². The van der Waals surface area contributed by atoms with E-state index in [0.717, 1.165) is 23.4 Å². The van der Waals surface area contributed by atoms with E-state index in [1.54, 1.807) is 0 Å². The molecule has 1 aromatic carbocycles. The molecule has 84 valence electrons. The lowest BCUT2D eigenvalue weighted by molar-refractivity contribution is 0.187. The summed E-state index contributed by atoms with van der Waals surface area (Å²) in [6.07, 6.45) is 2.44. The Balaban J connectivity index is 2.12. The van der Waals surface area contributed by atoms with E-state index in [4.69, 9.17) is 4.98 Å². The number of hydrogen-bond acceptors (Lipinski definition) is 2. The van der Waals surface area contributed by atoms with Crippen LogP contribution in [0.3, 0.4) is 0 Å². The molecule has 2 heterocycles. The molecule has 0 aliphatic carbocycles. The molecule has 0 radical (unpaired) electrons. The molecule has 1 saturated heterocycles. The Kier molecular flexibility index (Phi) is 2.04. The van der Waals surface area contributed by atoms with Crippen LogP contribution in [0.15, 0.2) is 24.3 Å². The van der Waals surface area contributed by atoms with Crippen molar-refractivity contribution in [1.29, 1.82) is 0 Å². The second kappa shape index (κ2) is 3.32. The van der Waals surface area contributed by atoms with Crippen molar-refractivity contribution in [2.75, 3.05) is 13.6 Å². The minimum Gasteiger partial charge on any atom is -0.340 e. The van der Waals surface area contributed by atoms with Gasteiger partial charge in [-0.1, -0.05) is 12.1 Å². The smallest absolute Gasteiger partial charge is 0.127 e. The highest BCUT2D eigenvalue weighted by Crippen LogP contribution is 2.36. The van der Waals surface area contributed by atoms with Gasteiger partial charge in [-0.05, 0) is 45.5 Å². The number of likely N-dealkylation sites (tertiary alicyclic amines) is 1. The zero-order chi connectivity index (χ0) is 11.2. The molecule has 1 aliphatic rings. The molecule has 0 saturated carbocycles. The topological polar surface area (TPSA) is 31.9 Å². The zero-order valence-electron chi connectivity index (χ0n) is 9.83. The lowest BCUT2D eigenvalue weighted by atomic mass is 9.98. The van der Waals surface area contributed by atoms with Gasteiger partial charge in [0.25, 0.3) is 0 Å². The van der Waals surface area contributed by atoms with Crippen LogP contribution in [0.25, 0.3) is 11.0 Å². The zero-order valence-corrected chi connectivity index (χ0v) is 9.83. The molecule has 3 rings (SSSR count). The summed E-state index contributed by atoms with van der Waals surface area (Å²) in [7, 11) is 2.18. The van der Waals surface area contributed by atoms with Gasteiger partial charge in [0.05, 0.1) is 16.6 Å². The molecule has 1 N–H and O–H groups in total. The van der Waals surface area contributed by atoms with Crippen molar-refractivity contribution in [3.05, 3.63) is 30.1 Å². The van der Waals surface area contributed by atoms with E-state index in [9.17, 15) is 0 Å². The van der Waals surface area contributed by atoms with Gasteiger partial charge in [0.15, 0.2) is 0 Å². The third kappa shape index (κ3) is 1.28. The van der Waals surface area contributed by atoms with E-state index in [0.29, 0.717) is 0 Å². The number of fused-ring (bicyclic) bond motifs is 1. The maximum atomic E-state index is 4.72. The maximum Gasteiger partial charge on any atom is 0.127 e. The van der Waals surface area contributed by atoms with Crippen molar-refractivity contribution in [1.82, 2.24) is 14.9 Å². The number of imidazole rings is 1. The van der Waals surface area contributed by atoms with Gasteiger partial charge in [0, 0.05) is 0 Å². The molecule has 2 aromatic rings. The average Bonchev–Trinajstić information content (AvgIpc) is 2.84. The van der Waals surface area contributed by atoms with Crippen LogP contribution in [0.1, 0.15) is 25.6 Å². The first-order valence-electron chi connectivity index (χ1n) is 5.87. The van der Waals surface area contributed by atoms with Crippen LogP contribution in [-0.2, 0) is 5.54 Å². The molecule has 1 aromatic heterocycles. The van der Waals surface area contributed by atoms with Gasteiger partial charge >= 0.3 is 0 Å². The van der Waals surface area contributed by atoms with Crippen LogP contribution in [0.2, 0.25) is 0 Å². The lowest BCUT2D eigenvalue weighted by Crippen LogP contribution is -2.36. The van der Waals surface area contributed by atoms with Crippen LogP contribution in [0.5, 0.6) is 0 Å². The van der Waals surface area contributed by atoms with Crippen LogP contribution in [0, 0.1) is 0 Å². The monoisotopic (exact) mass is 215 g/mol. The number of nitrogens with one attached hydrogen (secondary N) is 1. The fourth-order valence-electron chi connectivity index (χ4n) is 2.61. The van der Waals surface area contributed by atoms with Crippen LogP contribution in [-0.4, -0.2) is 28.5 Å². The number of H-pyrrole nitrogens is 1. The molecular weight excluding hydrogens is 198 g/mol. The Morgan fingerprint density at radius 3 is 2.88 bits per heavy atom. The fraction of sp³-hybridized carbons (Fsp3) is 0.462. The highest BCUT2D eigenvalue weighted by atomic mass is 15.2. The number of rotatable bonds is 1. The molecule has 0 amide bonds. The first kappa shape index (κ1) is 9.85. The molecule has 16 heavy (non-hydrogen) atoms. The van der Waals surface area contributed by atoms with Crippen molar-refractivity contribution in [3.63, 3.8) is 0 Å². The largest absolute Gasteiger partial charge is 0.340 e. The predicted octanol–water partition coefficient (Wildman–Crippen LogP) is 2.50. The van der Waals surface area contributed by atoms with Crippen LogP contribution >= 0.6 is 0 Å². The summed E-state index contributed by atoms with van der Waals surface area (Å²) in [4.78, 5) is 10.6. The van der Waals surface area contributed by atoms with E-state index >= 15 is 0 Å². The molecule has 3 heteroatoms. The third-order valence-corrected chi connectivity index (χ3v) is 3.90. The minimum atomic E-state index is 0.0824. The van der Waals surface area contributed by atoms with Gasteiger partial charge in [-0.3, -0.25) is 4.90 Å². The van der Waals surface area contributed by atoms with Crippen molar-refractivity contribution in [2.45, 2.75) is 25.3 Å². The van der Waals surface area contributed by atoms with Gasteiger partial charge in [-0.2, -0.15) is 0 Å². The summed E-state index contributed by atoms with van der Waals surface area (Å²) in [5.41, 5.74) is 2.29. The normalized spacial score (nSPS) is 26.6. The molecule has 1 aliphatic heterocycles. The van der Waals surface area contributed by atoms with E-state index in [-0.39, 0.29) is 5.54 Å². The summed E-state index contributed by atoms with van der Waals surface area (Å²) in [6, 6.07) is 8.23. The minimum absolute atomic E-state index is 0.0824. The van der Waals surface area contributed by atoms with Crippen LogP contribution < -0.4 is 0 Å². The Morgan fingerprint density at radius 2 is 2.19 bits per heavy atom. The third-order valence-electron chi connectivity index (χ3n) is 3.90. The average molecular weight is 215 g/mol. The Hall–Kier alpha value is -1.35. The summed E-state index contributed by atoms with van der Waals surface area (Å²) >= 11 is 0. The number of hydrogen-bond donors (Lipinski definition) is 1. The van der Waals surface area contributed by atoms with Crippen molar-refractivity contribution in [3.8, 4) is 0 Å². The number of nitrogens with zero attached hydrogens (tertiary/aromatic N) is 2. The Morgan fingerprint density at radius 1 is 1.38 bits per heavy atom. The Labute approximate surface area is 95.5 Å². The molecule has 3 nitrogen and oxygen atoms in total. The molecule has 0 spiro atoms. The quantitative estimate of drug-likeness (QED) is 0.792. The number of aromatic nitrogens is 2. The van der Waals surface area contributed by atoms with Crippen molar-refractivity contribution < 1.29 is 0 Å². The predicted molar refractivity (Wildman–Crippen MR) is 65.3 cm³/mol. The summed E-state index contributed by atoms with van der Waals surface area (Å²) in [6.45, 7) is 3.44. The second-order valence-corrected chi connectivity index (χ2v) is 4.90. The summed E-state index contributed by atoms with van der Waals surface area (Å²) in [5, 5.41) is 0. The standard InChI is InChI=1S/C13H17N3/c1-13(8-5-9-16(13)2)12-14-10-6-3-4-7-11(10)15-12/h3-4,6-7H,5,8-9H2,1-2H3,(H,14,15). The summed E-state index contributed by atoms with van der Waals surface area (Å²) in [5.74, 6) is 1.11. The van der Waals surface area contributed by atoms with Gasteiger partial charge < -0.3 is 4.98 Å². The second-order valence-electron chi connectivity index (χ2n) is 4.90. The number of para-hydroxylation sites is 2. The van der Waals surface area contributed by atoms with E-state index < -0.39 is 0 Å². The van der Waals surface area contributed by atoms with Crippen molar-refractivity contribution >= 4 is 11.0 Å². The van der Waals surface area contributed by atoms with Gasteiger partial charge in [-0.15, -0.1) is 0 Å². The van der Waals surface area contributed by atoms with Crippen LogP contribution in [0.4, 0.5) is 0 Å².